The van der Waals surface area contributed by atoms with Crippen molar-refractivity contribution in [2.75, 3.05) is 11.9 Å². The van der Waals surface area contributed by atoms with Crippen LogP contribution in [0.3, 0.4) is 0 Å². The van der Waals surface area contributed by atoms with Crippen LogP contribution in [0.2, 0.25) is 5.15 Å². The molecule has 4 amide bonds. The fraction of sp³-hybridized carbons (Fsp3) is 0.143. The Morgan fingerprint density at radius 1 is 1.09 bits per heavy atom. The highest BCUT2D eigenvalue weighted by Crippen LogP contribution is 2.31. The molecule has 3 heterocycles. The van der Waals surface area contributed by atoms with Gasteiger partial charge in [0.05, 0.1) is 0 Å². The summed E-state index contributed by atoms with van der Waals surface area (Å²) in [5.74, 6) is -1.13. The van der Waals surface area contributed by atoms with Gasteiger partial charge in [0.1, 0.15) is 17.2 Å². The monoisotopic (exact) mass is 449 g/mol. The molecule has 10 nitrogen and oxygen atoms in total. The van der Waals surface area contributed by atoms with Crippen LogP contribution in [0, 0.1) is 0 Å². The summed E-state index contributed by atoms with van der Waals surface area (Å²) in [6, 6.07) is 15.7. The highest BCUT2D eigenvalue weighted by Gasteiger charge is 2.49. The lowest BCUT2D eigenvalue weighted by atomic mass is 9.90. The number of benzene rings is 2. The molecule has 2 aromatic carbocycles. The van der Waals surface area contributed by atoms with E-state index in [-0.39, 0.29) is 11.1 Å². The van der Waals surface area contributed by atoms with Crippen LogP contribution in [0.15, 0.2) is 54.6 Å². The summed E-state index contributed by atoms with van der Waals surface area (Å²) < 4.78 is 1.26. The number of carbonyl (C=O) groups excluding carboxylic acids is 3. The van der Waals surface area contributed by atoms with Gasteiger partial charge in [-0.05, 0) is 41.5 Å². The number of anilines is 1. The van der Waals surface area contributed by atoms with Gasteiger partial charge < -0.3 is 5.32 Å². The number of halogens is 1. The average Bonchev–Trinajstić information content (AvgIpc) is 3.27. The second-order valence-corrected chi connectivity index (χ2v) is 7.89. The summed E-state index contributed by atoms with van der Waals surface area (Å²) in [5.41, 5.74) is -0.291. The van der Waals surface area contributed by atoms with Crippen LogP contribution in [0.4, 0.5) is 10.7 Å². The molecule has 1 saturated heterocycles. The lowest BCUT2D eigenvalue weighted by Gasteiger charge is -2.22. The molecular weight excluding hydrogens is 434 g/mol. The topological polar surface area (TPSA) is 122 Å². The van der Waals surface area contributed by atoms with Crippen molar-refractivity contribution in [2.24, 2.45) is 0 Å². The summed E-state index contributed by atoms with van der Waals surface area (Å²) in [4.78, 5) is 39.2. The number of hydrogen-bond donors (Lipinski definition) is 2. The number of nitrogens with zero attached hydrogens (tertiary/aromatic N) is 5. The first-order chi connectivity index (χ1) is 15.3. The van der Waals surface area contributed by atoms with Gasteiger partial charge in [-0.15, -0.1) is 10.2 Å². The molecule has 1 aliphatic heterocycles. The predicted molar refractivity (Wildman–Crippen MR) is 116 cm³/mol. The zero-order chi connectivity index (χ0) is 22.5. The van der Waals surface area contributed by atoms with Gasteiger partial charge in [-0.3, -0.25) is 19.8 Å². The molecule has 1 unspecified atom stereocenters. The van der Waals surface area contributed by atoms with Crippen LogP contribution in [-0.4, -0.2) is 49.1 Å². The Bertz CT molecular complexity index is 1420. The first-order valence-electron chi connectivity index (χ1n) is 9.66. The Morgan fingerprint density at radius 3 is 2.69 bits per heavy atom. The van der Waals surface area contributed by atoms with Crippen molar-refractivity contribution >= 4 is 51.8 Å². The van der Waals surface area contributed by atoms with Crippen LogP contribution in [0.5, 0.6) is 0 Å². The molecule has 0 saturated carbocycles. The molecule has 11 heteroatoms. The van der Waals surface area contributed by atoms with Gasteiger partial charge in [-0.1, -0.05) is 48.0 Å². The molecule has 4 aromatic rings. The van der Waals surface area contributed by atoms with Crippen molar-refractivity contribution < 1.29 is 14.4 Å². The summed E-state index contributed by atoms with van der Waals surface area (Å²) in [6.07, 6.45) is 0. The first-order valence-corrected chi connectivity index (χ1v) is 10.0. The maximum Gasteiger partial charge on any atom is 0.325 e. The molecule has 1 fully saturated rings. The van der Waals surface area contributed by atoms with E-state index in [1.165, 1.54) is 10.6 Å². The number of hydrogen-bond acceptors (Lipinski definition) is 6. The van der Waals surface area contributed by atoms with Crippen molar-refractivity contribution in [3.63, 3.8) is 0 Å². The van der Waals surface area contributed by atoms with Gasteiger partial charge in [0.2, 0.25) is 5.91 Å². The Balaban J connectivity index is 1.37. The van der Waals surface area contributed by atoms with Crippen molar-refractivity contribution in [1.82, 2.24) is 30.0 Å². The fourth-order valence-corrected chi connectivity index (χ4v) is 3.83. The normalized spacial score (nSPS) is 18.4. The van der Waals surface area contributed by atoms with E-state index in [2.05, 4.69) is 25.9 Å². The maximum absolute atomic E-state index is 13.2. The van der Waals surface area contributed by atoms with Gasteiger partial charge >= 0.3 is 6.03 Å². The molecule has 32 heavy (non-hydrogen) atoms. The van der Waals surface area contributed by atoms with E-state index < -0.39 is 29.9 Å². The number of carbonyl (C=O) groups is 3. The Kier molecular flexibility index (Phi) is 4.52. The predicted octanol–water partition coefficient (Wildman–Crippen LogP) is 2.34. The third kappa shape index (κ3) is 3.21. The SMILES string of the molecule is CC1(c2ccc3ccccc3c2)NC(=O)N(CC(=O)Nc2nnc3ccc(Cl)nn23)C1=O. The molecule has 1 atom stereocenters. The lowest BCUT2D eigenvalue weighted by molar-refractivity contribution is -0.133. The number of rotatable bonds is 4. The van der Waals surface area contributed by atoms with Gasteiger partial charge in [0.25, 0.3) is 11.9 Å². The summed E-state index contributed by atoms with van der Waals surface area (Å²) >= 11 is 5.88. The molecule has 1 aliphatic rings. The van der Waals surface area contributed by atoms with E-state index in [1.807, 2.05) is 36.4 Å². The third-order valence-corrected chi connectivity index (χ3v) is 5.59. The van der Waals surface area contributed by atoms with Crippen LogP contribution < -0.4 is 10.6 Å². The molecule has 0 radical (unpaired) electrons. The van der Waals surface area contributed by atoms with E-state index in [9.17, 15) is 14.4 Å². The summed E-state index contributed by atoms with van der Waals surface area (Å²) in [7, 11) is 0. The zero-order valence-electron chi connectivity index (χ0n) is 16.7. The van der Waals surface area contributed by atoms with Crippen molar-refractivity contribution in [1.29, 1.82) is 0 Å². The number of urea groups is 1. The molecule has 0 spiro atoms. The number of aromatic nitrogens is 4. The quantitative estimate of drug-likeness (QED) is 0.461. The van der Waals surface area contributed by atoms with E-state index in [0.717, 1.165) is 15.7 Å². The van der Waals surface area contributed by atoms with Gasteiger partial charge in [-0.25, -0.2) is 4.79 Å². The van der Waals surface area contributed by atoms with E-state index in [1.54, 1.807) is 19.1 Å². The largest absolute Gasteiger partial charge is 0.325 e. The minimum Gasteiger partial charge on any atom is -0.319 e. The van der Waals surface area contributed by atoms with Gasteiger partial charge in [-0.2, -0.15) is 9.61 Å². The Morgan fingerprint density at radius 2 is 1.88 bits per heavy atom. The number of nitrogens with one attached hydrogen (secondary N) is 2. The minimum absolute atomic E-state index is 0.0249. The number of amides is 4. The molecular formula is C21H16ClN7O3. The van der Waals surface area contributed by atoms with Crippen molar-refractivity contribution in [2.45, 2.75) is 12.5 Å². The maximum atomic E-state index is 13.2. The highest BCUT2D eigenvalue weighted by atomic mass is 35.5. The molecule has 2 N–H and O–H groups in total. The smallest absolute Gasteiger partial charge is 0.319 e. The average molecular weight is 450 g/mol. The number of imide groups is 1. The van der Waals surface area contributed by atoms with E-state index in [4.69, 9.17) is 11.6 Å². The van der Waals surface area contributed by atoms with Crippen LogP contribution in [0.1, 0.15) is 12.5 Å². The molecule has 0 aliphatic carbocycles. The lowest BCUT2D eigenvalue weighted by Crippen LogP contribution is -2.42. The fourth-order valence-electron chi connectivity index (χ4n) is 3.69. The van der Waals surface area contributed by atoms with Crippen LogP contribution in [-0.2, 0) is 15.1 Å². The summed E-state index contributed by atoms with van der Waals surface area (Å²) in [6.45, 7) is 1.12. The number of fused-ring (bicyclic) bond motifs is 2. The Hall–Kier alpha value is -4.05. The van der Waals surface area contributed by atoms with Gasteiger partial charge in [0.15, 0.2) is 5.65 Å². The standard InChI is InChI=1S/C21H16ClN7O3/c1-21(14-7-6-12-4-2-3-5-13(12)10-14)18(31)28(20(32)24-21)11-17(30)23-19-26-25-16-9-8-15(22)27-29(16)19/h2-10H,11H2,1H3,(H,24,32)(H,23,26,30). The molecule has 5 rings (SSSR count). The van der Waals surface area contributed by atoms with E-state index >= 15 is 0 Å². The summed E-state index contributed by atoms with van der Waals surface area (Å²) in [5, 5.41) is 19.1. The highest BCUT2D eigenvalue weighted by molar-refractivity contribution is 6.29. The van der Waals surface area contributed by atoms with Crippen LogP contribution >= 0.6 is 11.6 Å². The first kappa shape index (κ1) is 19.9. The third-order valence-electron chi connectivity index (χ3n) is 5.38. The second-order valence-electron chi connectivity index (χ2n) is 7.51. The second kappa shape index (κ2) is 7.27. The van der Waals surface area contributed by atoms with Crippen LogP contribution in [0.25, 0.3) is 16.4 Å². The Labute approximate surface area is 186 Å². The zero-order valence-corrected chi connectivity index (χ0v) is 17.5. The van der Waals surface area contributed by atoms with Gasteiger partial charge in [0, 0.05) is 0 Å². The molecule has 2 aromatic heterocycles. The molecule has 0 bridgehead atoms. The van der Waals surface area contributed by atoms with E-state index in [0.29, 0.717) is 11.2 Å². The van der Waals surface area contributed by atoms with Crippen molar-refractivity contribution in [3.05, 3.63) is 65.3 Å². The molecule has 160 valence electrons. The van der Waals surface area contributed by atoms with Crippen molar-refractivity contribution in [3.8, 4) is 0 Å². The minimum atomic E-state index is -1.29.